The van der Waals surface area contributed by atoms with Gasteiger partial charge < -0.3 is 0 Å². The van der Waals surface area contributed by atoms with Crippen LogP contribution >= 0.6 is 23.2 Å². The predicted molar refractivity (Wildman–Crippen MR) is 72.3 cm³/mol. The summed E-state index contributed by atoms with van der Waals surface area (Å²) in [6.45, 7) is 0. The minimum Gasteiger partial charge on any atom is -0.294 e. The Morgan fingerprint density at radius 1 is 1.33 bits per heavy atom. The predicted octanol–water partition coefficient (Wildman–Crippen LogP) is 3.54. The highest BCUT2D eigenvalue weighted by Crippen LogP contribution is 2.23. The summed E-state index contributed by atoms with van der Waals surface area (Å²) in [4.78, 5) is 12.0. The van der Waals surface area contributed by atoms with Gasteiger partial charge in [-0.15, -0.1) is 0 Å². The Labute approximate surface area is 115 Å². The number of carbonyl (C=O) groups excluding carboxylic acids is 1. The number of ketones is 1. The van der Waals surface area contributed by atoms with Crippen LogP contribution in [-0.4, -0.2) is 15.6 Å². The van der Waals surface area contributed by atoms with E-state index in [0.717, 1.165) is 5.56 Å². The number of hydrogen-bond acceptors (Lipinski definition) is 2. The molecule has 5 heteroatoms. The molecule has 0 saturated heterocycles. The van der Waals surface area contributed by atoms with Gasteiger partial charge in [-0.05, 0) is 30.2 Å². The third-order valence-corrected chi connectivity index (χ3v) is 3.38. The lowest BCUT2D eigenvalue weighted by molar-refractivity contribution is 0.0983. The molecule has 2 rings (SSSR count). The molecule has 1 aromatic heterocycles. The summed E-state index contributed by atoms with van der Waals surface area (Å²) in [7, 11) is 1.85. The molecule has 0 saturated carbocycles. The number of aryl methyl sites for hydroxylation is 2. The maximum absolute atomic E-state index is 12.0. The first-order chi connectivity index (χ1) is 8.56. The average molecular weight is 283 g/mol. The van der Waals surface area contributed by atoms with E-state index in [-0.39, 0.29) is 5.78 Å². The van der Waals surface area contributed by atoms with Gasteiger partial charge in [-0.1, -0.05) is 23.2 Å². The van der Waals surface area contributed by atoms with Gasteiger partial charge in [0.15, 0.2) is 5.78 Å². The van der Waals surface area contributed by atoms with Crippen molar-refractivity contribution in [3.63, 3.8) is 0 Å². The van der Waals surface area contributed by atoms with Crippen molar-refractivity contribution >= 4 is 29.0 Å². The Morgan fingerprint density at radius 2 is 2.11 bits per heavy atom. The van der Waals surface area contributed by atoms with Crippen LogP contribution < -0.4 is 0 Å². The van der Waals surface area contributed by atoms with Gasteiger partial charge in [0.25, 0.3) is 0 Å². The second-order valence-electron chi connectivity index (χ2n) is 4.07. The Balaban J connectivity index is 2.01. The number of aromatic nitrogens is 2. The fourth-order valence-electron chi connectivity index (χ4n) is 1.67. The molecule has 18 heavy (non-hydrogen) atoms. The summed E-state index contributed by atoms with van der Waals surface area (Å²) >= 11 is 11.7. The molecule has 94 valence electrons. The van der Waals surface area contributed by atoms with Crippen LogP contribution in [0.1, 0.15) is 22.3 Å². The van der Waals surface area contributed by atoms with E-state index >= 15 is 0 Å². The minimum absolute atomic E-state index is 0.0532. The van der Waals surface area contributed by atoms with Crippen molar-refractivity contribution in [3.8, 4) is 0 Å². The normalized spacial score (nSPS) is 10.6. The van der Waals surface area contributed by atoms with Gasteiger partial charge in [0.1, 0.15) is 0 Å². The molecule has 1 heterocycles. The van der Waals surface area contributed by atoms with Gasteiger partial charge in [-0.25, -0.2) is 0 Å². The first-order valence-corrected chi connectivity index (χ1v) is 6.27. The van der Waals surface area contributed by atoms with Crippen molar-refractivity contribution in [2.45, 2.75) is 12.8 Å². The van der Waals surface area contributed by atoms with E-state index in [1.807, 2.05) is 13.2 Å². The lowest BCUT2D eigenvalue weighted by Gasteiger charge is -2.02. The Hall–Kier alpha value is -1.32. The molecule has 0 spiro atoms. The molecular weight excluding hydrogens is 271 g/mol. The number of benzene rings is 1. The van der Waals surface area contributed by atoms with E-state index in [1.54, 1.807) is 29.1 Å². The van der Waals surface area contributed by atoms with Crippen LogP contribution in [-0.2, 0) is 13.5 Å². The summed E-state index contributed by atoms with van der Waals surface area (Å²) in [5.74, 6) is 0.0532. The summed E-state index contributed by atoms with van der Waals surface area (Å²) in [5, 5.41) is 4.92. The monoisotopic (exact) mass is 282 g/mol. The van der Waals surface area contributed by atoms with Crippen molar-refractivity contribution in [2.24, 2.45) is 7.05 Å². The average Bonchev–Trinajstić information content (AvgIpc) is 2.75. The number of carbonyl (C=O) groups is 1. The molecule has 1 aromatic carbocycles. The van der Waals surface area contributed by atoms with E-state index < -0.39 is 0 Å². The number of halogens is 2. The summed E-state index contributed by atoms with van der Waals surface area (Å²) in [6, 6.07) is 4.94. The van der Waals surface area contributed by atoms with Crippen molar-refractivity contribution < 1.29 is 4.79 Å². The van der Waals surface area contributed by atoms with Gasteiger partial charge in [-0.3, -0.25) is 9.48 Å². The zero-order valence-electron chi connectivity index (χ0n) is 9.86. The minimum atomic E-state index is 0.0532. The molecule has 0 aliphatic heterocycles. The highest BCUT2D eigenvalue weighted by Gasteiger charge is 2.09. The zero-order valence-corrected chi connectivity index (χ0v) is 11.4. The largest absolute Gasteiger partial charge is 0.294 e. The molecule has 0 bridgehead atoms. The summed E-state index contributed by atoms with van der Waals surface area (Å²) < 4.78 is 1.72. The molecule has 0 radical (unpaired) electrons. The molecule has 0 fully saturated rings. The van der Waals surface area contributed by atoms with Crippen LogP contribution in [0.25, 0.3) is 0 Å². The van der Waals surface area contributed by atoms with E-state index in [4.69, 9.17) is 23.2 Å². The molecular formula is C13H12Cl2N2O. The van der Waals surface area contributed by atoms with Crippen LogP contribution in [0.4, 0.5) is 0 Å². The summed E-state index contributed by atoms with van der Waals surface area (Å²) in [5.41, 5.74) is 1.64. The molecule has 0 aliphatic rings. The highest BCUT2D eigenvalue weighted by molar-refractivity contribution is 6.42. The molecule has 0 N–H and O–H groups in total. The van der Waals surface area contributed by atoms with Gasteiger partial charge in [0.05, 0.1) is 16.2 Å². The third-order valence-electron chi connectivity index (χ3n) is 2.64. The topological polar surface area (TPSA) is 34.9 Å². The van der Waals surface area contributed by atoms with E-state index in [9.17, 15) is 4.79 Å². The maximum Gasteiger partial charge on any atom is 0.163 e. The third kappa shape index (κ3) is 3.12. The van der Waals surface area contributed by atoms with Crippen molar-refractivity contribution in [1.29, 1.82) is 0 Å². The quantitative estimate of drug-likeness (QED) is 0.804. The van der Waals surface area contributed by atoms with E-state index in [1.165, 1.54) is 0 Å². The van der Waals surface area contributed by atoms with E-state index in [0.29, 0.717) is 28.5 Å². The van der Waals surface area contributed by atoms with Gasteiger partial charge >= 0.3 is 0 Å². The lowest BCUT2D eigenvalue weighted by atomic mass is 10.0. The first kappa shape index (κ1) is 13.1. The van der Waals surface area contributed by atoms with Crippen molar-refractivity contribution in [3.05, 3.63) is 51.8 Å². The molecule has 3 nitrogen and oxygen atoms in total. The maximum atomic E-state index is 12.0. The number of hydrogen-bond donors (Lipinski definition) is 0. The molecule has 2 aromatic rings. The Morgan fingerprint density at radius 3 is 2.72 bits per heavy atom. The van der Waals surface area contributed by atoms with Crippen LogP contribution in [0.5, 0.6) is 0 Å². The van der Waals surface area contributed by atoms with Crippen LogP contribution in [0, 0.1) is 0 Å². The van der Waals surface area contributed by atoms with Crippen LogP contribution in [0.15, 0.2) is 30.6 Å². The van der Waals surface area contributed by atoms with Gasteiger partial charge in [-0.2, -0.15) is 5.10 Å². The smallest absolute Gasteiger partial charge is 0.163 e. The van der Waals surface area contributed by atoms with Crippen molar-refractivity contribution in [1.82, 2.24) is 9.78 Å². The highest BCUT2D eigenvalue weighted by atomic mass is 35.5. The summed E-state index contributed by atoms with van der Waals surface area (Å²) in [6.07, 6.45) is 4.78. The number of rotatable bonds is 4. The first-order valence-electron chi connectivity index (χ1n) is 5.52. The zero-order chi connectivity index (χ0) is 13.1. The van der Waals surface area contributed by atoms with Crippen molar-refractivity contribution in [2.75, 3.05) is 0 Å². The number of nitrogens with zero attached hydrogens (tertiary/aromatic N) is 2. The van der Waals surface area contributed by atoms with Gasteiger partial charge in [0, 0.05) is 25.2 Å². The molecule has 0 amide bonds. The molecule has 0 aliphatic carbocycles. The second kappa shape index (κ2) is 5.55. The lowest BCUT2D eigenvalue weighted by Crippen LogP contribution is -2.00. The Kier molecular flexibility index (Phi) is 4.04. The fourth-order valence-corrected chi connectivity index (χ4v) is 1.97. The molecule has 0 atom stereocenters. The fraction of sp³-hybridized carbons (Fsp3) is 0.231. The van der Waals surface area contributed by atoms with Crippen LogP contribution in [0.3, 0.4) is 0 Å². The standard InChI is InChI=1S/C13H12Cl2N2O/c1-17-8-9(7-16-17)2-5-13(18)10-3-4-11(14)12(15)6-10/h3-4,6-8H,2,5H2,1H3. The van der Waals surface area contributed by atoms with E-state index in [2.05, 4.69) is 5.10 Å². The second-order valence-corrected chi connectivity index (χ2v) is 4.89. The SMILES string of the molecule is Cn1cc(CCC(=O)c2ccc(Cl)c(Cl)c2)cn1. The number of Topliss-reactive ketones (excluding diaryl/α,β-unsaturated/α-hetero) is 1. The van der Waals surface area contributed by atoms with Gasteiger partial charge in [0.2, 0.25) is 0 Å². The Bertz CT molecular complexity index is 578. The van der Waals surface area contributed by atoms with Crippen LogP contribution in [0.2, 0.25) is 10.0 Å². The molecule has 0 unspecified atom stereocenters.